The van der Waals surface area contributed by atoms with Crippen LogP contribution in [0.3, 0.4) is 0 Å². The Morgan fingerprint density at radius 3 is 2.58 bits per heavy atom. The first-order valence-corrected chi connectivity index (χ1v) is 10.4. The SMILES string of the molecule is COC(=O)C1CCN(C(=O)c2ccc(-c3n[nH]c4c3COc3ccccc3-4)cc2)CC1. The van der Waals surface area contributed by atoms with Crippen LogP contribution < -0.4 is 4.74 Å². The molecule has 2 aliphatic heterocycles. The topological polar surface area (TPSA) is 84.5 Å². The van der Waals surface area contributed by atoms with Gasteiger partial charge in [0, 0.05) is 35.3 Å². The first-order valence-electron chi connectivity index (χ1n) is 10.4. The second kappa shape index (κ2) is 7.91. The lowest BCUT2D eigenvalue weighted by atomic mass is 9.96. The molecule has 0 unspecified atom stereocenters. The van der Waals surface area contributed by atoms with E-state index in [0.717, 1.165) is 33.8 Å². The summed E-state index contributed by atoms with van der Waals surface area (Å²) in [4.78, 5) is 26.4. The minimum absolute atomic E-state index is 0.0174. The number of H-pyrrole nitrogens is 1. The number of fused-ring (bicyclic) bond motifs is 3. The fourth-order valence-electron chi connectivity index (χ4n) is 4.35. The predicted octanol–water partition coefficient (Wildman–Crippen LogP) is 3.66. The molecule has 1 fully saturated rings. The predicted molar refractivity (Wildman–Crippen MR) is 114 cm³/mol. The van der Waals surface area contributed by atoms with Gasteiger partial charge in [-0.3, -0.25) is 14.7 Å². The number of hydrogen-bond acceptors (Lipinski definition) is 5. The molecule has 3 heterocycles. The molecule has 1 saturated heterocycles. The maximum atomic E-state index is 12.9. The van der Waals surface area contributed by atoms with Crippen LogP contribution in [0.5, 0.6) is 5.75 Å². The number of carbonyl (C=O) groups is 2. The molecule has 3 aromatic rings. The van der Waals surface area contributed by atoms with Crippen LogP contribution >= 0.6 is 0 Å². The molecule has 158 valence electrons. The van der Waals surface area contributed by atoms with E-state index in [1.54, 1.807) is 4.90 Å². The highest BCUT2D eigenvalue weighted by molar-refractivity contribution is 5.95. The second-order valence-electron chi connectivity index (χ2n) is 7.88. The van der Waals surface area contributed by atoms with Crippen LogP contribution in [0.1, 0.15) is 28.8 Å². The van der Waals surface area contributed by atoms with E-state index in [-0.39, 0.29) is 17.8 Å². The number of hydrogen-bond donors (Lipinski definition) is 1. The van der Waals surface area contributed by atoms with Crippen molar-refractivity contribution in [1.29, 1.82) is 0 Å². The summed E-state index contributed by atoms with van der Waals surface area (Å²) in [5, 5.41) is 7.67. The molecular weight excluding hydrogens is 394 g/mol. The van der Waals surface area contributed by atoms with E-state index in [0.29, 0.717) is 38.1 Å². The zero-order valence-electron chi connectivity index (χ0n) is 17.3. The Labute approximate surface area is 180 Å². The smallest absolute Gasteiger partial charge is 0.308 e. The summed E-state index contributed by atoms with van der Waals surface area (Å²) in [6.07, 6.45) is 1.27. The van der Waals surface area contributed by atoms with E-state index < -0.39 is 0 Å². The molecule has 0 saturated carbocycles. The van der Waals surface area contributed by atoms with E-state index in [2.05, 4.69) is 10.2 Å². The van der Waals surface area contributed by atoms with Crippen LogP contribution in [0.25, 0.3) is 22.5 Å². The second-order valence-corrected chi connectivity index (χ2v) is 7.88. The number of piperidine rings is 1. The van der Waals surface area contributed by atoms with Crippen LogP contribution in [-0.4, -0.2) is 47.2 Å². The molecule has 1 amide bonds. The van der Waals surface area contributed by atoms with Crippen LogP contribution in [-0.2, 0) is 16.1 Å². The average molecular weight is 417 g/mol. The average Bonchev–Trinajstić information content (AvgIpc) is 3.28. The van der Waals surface area contributed by atoms with Crippen molar-refractivity contribution in [3.8, 4) is 28.3 Å². The normalized spacial score (nSPS) is 15.6. The quantitative estimate of drug-likeness (QED) is 0.658. The lowest BCUT2D eigenvalue weighted by molar-refractivity contribution is -0.146. The maximum Gasteiger partial charge on any atom is 0.308 e. The van der Waals surface area contributed by atoms with Gasteiger partial charge in [-0.05, 0) is 37.1 Å². The molecule has 0 radical (unpaired) electrons. The van der Waals surface area contributed by atoms with Gasteiger partial charge in [-0.1, -0.05) is 24.3 Å². The van der Waals surface area contributed by atoms with E-state index in [1.165, 1.54) is 7.11 Å². The monoisotopic (exact) mass is 417 g/mol. The summed E-state index contributed by atoms with van der Waals surface area (Å²) in [5.74, 6) is 0.526. The standard InChI is InChI=1S/C24H23N3O4/c1-30-24(29)17-10-12-27(13-11-17)23(28)16-8-6-15(7-9-16)21-19-14-31-20-5-3-2-4-18(20)22(19)26-25-21/h2-9,17H,10-14H2,1H3,(H,25,26). The summed E-state index contributed by atoms with van der Waals surface area (Å²) in [5.41, 5.74) is 5.40. The number of aromatic amines is 1. The summed E-state index contributed by atoms with van der Waals surface area (Å²) >= 11 is 0. The zero-order valence-corrected chi connectivity index (χ0v) is 17.3. The summed E-state index contributed by atoms with van der Waals surface area (Å²) in [6.45, 7) is 1.57. The van der Waals surface area contributed by atoms with Crippen molar-refractivity contribution in [2.75, 3.05) is 20.2 Å². The molecule has 7 heteroatoms. The number of esters is 1. The van der Waals surface area contributed by atoms with Gasteiger partial charge in [0.1, 0.15) is 12.4 Å². The van der Waals surface area contributed by atoms with Crippen LogP contribution in [0.4, 0.5) is 0 Å². The number of rotatable bonds is 3. The molecule has 2 aromatic carbocycles. The molecule has 31 heavy (non-hydrogen) atoms. The maximum absolute atomic E-state index is 12.9. The first kappa shape index (κ1) is 19.4. The third-order valence-electron chi connectivity index (χ3n) is 6.12. The number of likely N-dealkylation sites (tertiary alicyclic amines) is 1. The van der Waals surface area contributed by atoms with Gasteiger partial charge in [-0.2, -0.15) is 5.10 Å². The van der Waals surface area contributed by atoms with E-state index >= 15 is 0 Å². The molecule has 7 nitrogen and oxygen atoms in total. The number of methoxy groups -OCH3 is 1. The van der Waals surface area contributed by atoms with Crippen molar-refractivity contribution in [3.05, 3.63) is 59.7 Å². The largest absolute Gasteiger partial charge is 0.488 e. The molecule has 1 N–H and O–H groups in total. The summed E-state index contributed by atoms with van der Waals surface area (Å²) < 4.78 is 10.7. The highest BCUT2D eigenvalue weighted by Gasteiger charge is 2.28. The molecule has 0 atom stereocenters. The number of nitrogens with zero attached hydrogens (tertiary/aromatic N) is 2. The van der Waals surface area contributed by atoms with Gasteiger partial charge in [0.15, 0.2) is 0 Å². The Morgan fingerprint density at radius 2 is 1.84 bits per heavy atom. The van der Waals surface area contributed by atoms with E-state index in [4.69, 9.17) is 9.47 Å². The fraction of sp³-hybridized carbons (Fsp3) is 0.292. The van der Waals surface area contributed by atoms with Gasteiger partial charge < -0.3 is 14.4 Å². The number of para-hydroxylation sites is 1. The lowest BCUT2D eigenvalue weighted by Gasteiger charge is -2.30. The van der Waals surface area contributed by atoms with Gasteiger partial charge in [-0.15, -0.1) is 0 Å². The van der Waals surface area contributed by atoms with Crippen molar-refractivity contribution in [3.63, 3.8) is 0 Å². The Morgan fingerprint density at radius 1 is 1.10 bits per heavy atom. The van der Waals surface area contributed by atoms with Gasteiger partial charge >= 0.3 is 5.97 Å². The van der Waals surface area contributed by atoms with Crippen molar-refractivity contribution in [2.45, 2.75) is 19.4 Å². The van der Waals surface area contributed by atoms with Gasteiger partial charge in [0.2, 0.25) is 0 Å². The third kappa shape index (κ3) is 3.46. The van der Waals surface area contributed by atoms with Crippen molar-refractivity contribution in [1.82, 2.24) is 15.1 Å². The van der Waals surface area contributed by atoms with Crippen molar-refractivity contribution < 1.29 is 19.1 Å². The van der Waals surface area contributed by atoms with E-state index in [9.17, 15) is 9.59 Å². The molecule has 2 aliphatic rings. The van der Waals surface area contributed by atoms with E-state index in [1.807, 2.05) is 48.5 Å². The highest BCUT2D eigenvalue weighted by atomic mass is 16.5. The number of ether oxygens (including phenoxy) is 2. The fourth-order valence-corrected chi connectivity index (χ4v) is 4.35. The number of aromatic nitrogens is 2. The molecule has 0 bridgehead atoms. The van der Waals surface area contributed by atoms with Gasteiger partial charge in [-0.25, -0.2) is 0 Å². The third-order valence-corrected chi connectivity index (χ3v) is 6.12. The van der Waals surface area contributed by atoms with Crippen LogP contribution in [0.2, 0.25) is 0 Å². The lowest BCUT2D eigenvalue weighted by Crippen LogP contribution is -2.40. The minimum atomic E-state index is -0.189. The Kier molecular flexibility index (Phi) is 4.94. The summed E-state index contributed by atoms with van der Waals surface area (Å²) in [7, 11) is 1.41. The number of nitrogens with one attached hydrogen (secondary N) is 1. The number of amides is 1. The molecule has 0 aliphatic carbocycles. The Balaban J connectivity index is 1.32. The minimum Gasteiger partial charge on any atom is -0.488 e. The van der Waals surface area contributed by atoms with Gasteiger partial charge in [0.25, 0.3) is 5.91 Å². The van der Waals surface area contributed by atoms with Crippen molar-refractivity contribution >= 4 is 11.9 Å². The van der Waals surface area contributed by atoms with Crippen LogP contribution in [0, 0.1) is 5.92 Å². The molecule has 0 spiro atoms. The number of benzene rings is 2. The van der Waals surface area contributed by atoms with Crippen LogP contribution in [0.15, 0.2) is 48.5 Å². The first-order chi connectivity index (χ1) is 15.2. The summed E-state index contributed by atoms with van der Waals surface area (Å²) in [6, 6.07) is 15.4. The van der Waals surface area contributed by atoms with Gasteiger partial charge in [0.05, 0.1) is 24.4 Å². The number of carbonyl (C=O) groups excluding carboxylic acids is 2. The molecule has 1 aromatic heterocycles. The Hall–Kier alpha value is -3.61. The van der Waals surface area contributed by atoms with Crippen molar-refractivity contribution in [2.24, 2.45) is 5.92 Å². The molecular formula is C24H23N3O4. The molecule has 5 rings (SSSR count). The Bertz CT molecular complexity index is 1130. The zero-order chi connectivity index (χ0) is 21.4. The highest BCUT2D eigenvalue weighted by Crippen LogP contribution is 2.39.